The number of aliphatic imine (C=N–C) groups is 1. The maximum absolute atomic E-state index is 11.3. The molecule has 1 aliphatic heterocycles. The van der Waals surface area contributed by atoms with Gasteiger partial charge in [-0.3, -0.25) is 14.7 Å². The third-order valence-electron chi connectivity index (χ3n) is 5.69. The molecule has 0 aliphatic carbocycles. The van der Waals surface area contributed by atoms with Crippen LogP contribution in [0.15, 0.2) is 53.5 Å². The first-order chi connectivity index (χ1) is 15.4. The number of fused-ring (bicyclic) bond motifs is 1. The van der Waals surface area contributed by atoms with Gasteiger partial charge in [0.1, 0.15) is 11.3 Å². The smallest absolute Gasteiger partial charge is 0.222 e. The minimum atomic E-state index is -0.213. The number of methoxy groups -OCH3 is 1. The first kappa shape index (κ1) is 20.7. The summed E-state index contributed by atoms with van der Waals surface area (Å²) in [6.45, 7) is 7.23. The van der Waals surface area contributed by atoms with Crippen molar-refractivity contribution in [2.75, 3.05) is 19.4 Å². The monoisotopic (exact) mass is 446 g/mol. The Labute approximate surface area is 191 Å². The minimum absolute atomic E-state index is 0.129. The quantitative estimate of drug-likeness (QED) is 0.432. The Morgan fingerprint density at radius 3 is 2.50 bits per heavy atom. The molecule has 2 aromatic heterocycles. The van der Waals surface area contributed by atoms with E-state index in [0.29, 0.717) is 5.52 Å². The van der Waals surface area contributed by atoms with Crippen LogP contribution in [0.2, 0.25) is 0 Å². The van der Waals surface area contributed by atoms with Crippen LogP contribution in [0.4, 0.5) is 0 Å². The highest BCUT2D eigenvalue weighted by atomic mass is 32.2. The maximum Gasteiger partial charge on any atom is 0.222 e. The Bertz CT molecular complexity index is 1330. The van der Waals surface area contributed by atoms with Crippen LogP contribution in [0.25, 0.3) is 27.8 Å². The third-order valence-corrected chi connectivity index (χ3v) is 6.72. The van der Waals surface area contributed by atoms with Crippen LogP contribution in [-0.4, -0.2) is 44.3 Å². The minimum Gasteiger partial charge on any atom is -0.496 e. The fraction of sp³-hybridized carbons (Fsp3) is 0.280. The van der Waals surface area contributed by atoms with Gasteiger partial charge in [-0.25, -0.2) is 0 Å². The number of para-hydroxylation sites is 1. The van der Waals surface area contributed by atoms with Gasteiger partial charge in [0, 0.05) is 34.5 Å². The highest BCUT2D eigenvalue weighted by Crippen LogP contribution is 2.46. The van der Waals surface area contributed by atoms with Crippen molar-refractivity contribution in [3.8, 4) is 28.6 Å². The van der Waals surface area contributed by atoms with Crippen LogP contribution in [0, 0.1) is 0 Å². The van der Waals surface area contributed by atoms with Gasteiger partial charge in [0.15, 0.2) is 0 Å². The third kappa shape index (κ3) is 3.28. The fourth-order valence-corrected chi connectivity index (χ4v) is 5.08. The molecule has 2 N–H and O–H groups in total. The van der Waals surface area contributed by atoms with Gasteiger partial charge in [-0.15, -0.1) is 11.8 Å². The number of H-pyrrole nitrogens is 1. The lowest BCUT2D eigenvalue weighted by Gasteiger charge is -2.18. The maximum atomic E-state index is 11.3. The molecule has 32 heavy (non-hydrogen) atoms. The van der Waals surface area contributed by atoms with E-state index in [1.165, 1.54) is 0 Å². The van der Waals surface area contributed by atoms with E-state index >= 15 is 0 Å². The molecule has 0 saturated heterocycles. The van der Waals surface area contributed by atoms with E-state index in [4.69, 9.17) is 4.74 Å². The van der Waals surface area contributed by atoms with Gasteiger partial charge >= 0.3 is 0 Å². The van der Waals surface area contributed by atoms with E-state index in [1.807, 2.05) is 41.0 Å². The molecule has 0 saturated carbocycles. The molecule has 0 spiro atoms. The van der Waals surface area contributed by atoms with Crippen LogP contribution in [0.5, 0.6) is 11.6 Å². The van der Waals surface area contributed by atoms with Gasteiger partial charge < -0.3 is 9.84 Å². The SMILES string of the molecule is COc1ccccc1-c1c2c(C(C)(C)C)n[nH]c2c(O)n1-c1ccc(C2=NCCS2)cc1. The Balaban J connectivity index is 1.79. The summed E-state index contributed by atoms with van der Waals surface area (Å²) in [5.41, 5.74) is 5.02. The molecule has 6 nitrogen and oxygen atoms in total. The fourth-order valence-electron chi connectivity index (χ4n) is 4.22. The van der Waals surface area contributed by atoms with Crippen LogP contribution < -0.4 is 4.74 Å². The molecule has 2 aromatic carbocycles. The number of aromatic nitrogens is 3. The van der Waals surface area contributed by atoms with Crippen LogP contribution in [0.3, 0.4) is 0 Å². The van der Waals surface area contributed by atoms with E-state index in [1.54, 1.807) is 18.9 Å². The average molecular weight is 447 g/mol. The van der Waals surface area contributed by atoms with E-state index in [0.717, 1.165) is 56.7 Å². The number of benzene rings is 2. The summed E-state index contributed by atoms with van der Waals surface area (Å²) < 4.78 is 7.57. The van der Waals surface area contributed by atoms with E-state index < -0.39 is 0 Å². The van der Waals surface area contributed by atoms with E-state index in [9.17, 15) is 5.11 Å². The molecule has 0 atom stereocenters. The van der Waals surface area contributed by atoms with E-state index in [-0.39, 0.29) is 11.3 Å². The summed E-state index contributed by atoms with van der Waals surface area (Å²) in [7, 11) is 1.66. The molecule has 5 rings (SSSR count). The van der Waals surface area contributed by atoms with Crippen LogP contribution in [-0.2, 0) is 5.41 Å². The summed E-state index contributed by atoms with van der Waals surface area (Å²) in [5, 5.41) is 21.0. The van der Waals surface area contributed by atoms with Gasteiger partial charge in [-0.1, -0.05) is 45.0 Å². The number of ether oxygens (including phenoxy) is 1. The molecule has 7 heteroatoms. The second-order valence-electron chi connectivity index (χ2n) is 8.86. The van der Waals surface area contributed by atoms with Gasteiger partial charge in [0.05, 0.1) is 28.9 Å². The predicted octanol–water partition coefficient (Wildman–Crippen LogP) is 5.53. The molecule has 4 aromatic rings. The van der Waals surface area contributed by atoms with Crippen molar-refractivity contribution in [3.05, 3.63) is 59.8 Å². The van der Waals surface area contributed by atoms with Crippen LogP contribution >= 0.6 is 11.8 Å². The number of nitrogens with zero attached hydrogens (tertiary/aromatic N) is 3. The number of aromatic amines is 1. The molecular weight excluding hydrogens is 420 g/mol. The highest BCUT2D eigenvalue weighted by molar-refractivity contribution is 8.14. The Morgan fingerprint density at radius 1 is 1.09 bits per heavy atom. The molecule has 0 radical (unpaired) electrons. The summed E-state index contributed by atoms with van der Waals surface area (Å²) in [6.07, 6.45) is 0. The normalized spacial score (nSPS) is 14.2. The molecular formula is C25H26N4O2S. The topological polar surface area (TPSA) is 75.4 Å². The largest absolute Gasteiger partial charge is 0.496 e. The summed E-state index contributed by atoms with van der Waals surface area (Å²) in [4.78, 5) is 4.57. The molecule has 0 amide bonds. The predicted molar refractivity (Wildman–Crippen MR) is 132 cm³/mol. The number of rotatable bonds is 4. The standard InChI is InChI=1S/C25H26N4O2S/c1-25(2,3)22-19-20(27-28-22)24(30)29(21(19)17-7-5-6-8-18(17)31-4)16-11-9-15(10-12-16)23-26-13-14-32-23/h5-12,27,30H,13-14H2,1-4H3. The lowest BCUT2D eigenvalue weighted by molar-refractivity contribution is 0.416. The lowest BCUT2D eigenvalue weighted by Crippen LogP contribution is -2.12. The van der Waals surface area contributed by atoms with E-state index in [2.05, 4.69) is 48.1 Å². The Kier molecular flexibility index (Phi) is 5.01. The van der Waals surface area contributed by atoms with Gasteiger partial charge in [0.2, 0.25) is 5.88 Å². The molecule has 1 aliphatic rings. The van der Waals surface area contributed by atoms with Crippen molar-refractivity contribution in [3.63, 3.8) is 0 Å². The number of aromatic hydroxyl groups is 1. The van der Waals surface area contributed by atoms with Crippen molar-refractivity contribution in [2.24, 2.45) is 4.99 Å². The molecule has 0 bridgehead atoms. The molecule has 0 unspecified atom stereocenters. The zero-order chi connectivity index (χ0) is 22.5. The van der Waals surface area contributed by atoms with Crippen molar-refractivity contribution in [1.29, 1.82) is 0 Å². The van der Waals surface area contributed by atoms with Crippen molar-refractivity contribution >= 4 is 27.7 Å². The summed E-state index contributed by atoms with van der Waals surface area (Å²) in [5.74, 6) is 1.90. The Hall–Kier alpha value is -3.19. The highest BCUT2D eigenvalue weighted by Gasteiger charge is 2.30. The lowest BCUT2D eigenvalue weighted by atomic mass is 9.89. The van der Waals surface area contributed by atoms with Crippen LogP contribution in [0.1, 0.15) is 32.0 Å². The second kappa shape index (κ2) is 7.74. The molecule has 164 valence electrons. The zero-order valence-electron chi connectivity index (χ0n) is 18.6. The van der Waals surface area contributed by atoms with Gasteiger partial charge in [0.25, 0.3) is 0 Å². The van der Waals surface area contributed by atoms with Crippen molar-refractivity contribution in [1.82, 2.24) is 14.8 Å². The average Bonchev–Trinajstić information content (AvgIpc) is 3.51. The second-order valence-corrected chi connectivity index (χ2v) is 9.95. The van der Waals surface area contributed by atoms with Gasteiger partial charge in [-0.05, 0) is 24.3 Å². The zero-order valence-corrected chi connectivity index (χ0v) is 19.5. The van der Waals surface area contributed by atoms with Gasteiger partial charge in [-0.2, -0.15) is 5.10 Å². The molecule has 0 fully saturated rings. The number of nitrogens with one attached hydrogen (secondary N) is 1. The molecule has 3 heterocycles. The number of hydrogen-bond acceptors (Lipinski definition) is 5. The summed E-state index contributed by atoms with van der Waals surface area (Å²) in [6, 6.07) is 16.1. The number of thioether (sulfide) groups is 1. The van der Waals surface area contributed by atoms with Crippen molar-refractivity contribution in [2.45, 2.75) is 26.2 Å². The first-order valence-electron chi connectivity index (χ1n) is 10.6. The van der Waals surface area contributed by atoms with Crippen molar-refractivity contribution < 1.29 is 9.84 Å². The summed E-state index contributed by atoms with van der Waals surface area (Å²) >= 11 is 1.78. The Morgan fingerprint density at radius 2 is 1.84 bits per heavy atom. The number of hydrogen-bond donors (Lipinski definition) is 2. The first-order valence-corrected chi connectivity index (χ1v) is 11.6.